The number of rotatable bonds is 4. The lowest BCUT2D eigenvalue weighted by Crippen LogP contribution is -2.30. The van der Waals surface area contributed by atoms with Crippen molar-refractivity contribution in [1.82, 2.24) is 19.7 Å². The van der Waals surface area contributed by atoms with Gasteiger partial charge in [0.05, 0.1) is 22.7 Å². The fourth-order valence-electron chi connectivity index (χ4n) is 3.58. The lowest BCUT2D eigenvalue weighted by molar-refractivity contribution is 0.0744. The van der Waals surface area contributed by atoms with Crippen molar-refractivity contribution in [2.24, 2.45) is 7.05 Å². The van der Waals surface area contributed by atoms with Gasteiger partial charge in [0, 0.05) is 25.7 Å². The first-order chi connectivity index (χ1) is 13.3. The molecule has 1 saturated carbocycles. The zero-order valence-corrected chi connectivity index (χ0v) is 16.3. The Hall–Kier alpha value is -2.83. The molecule has 7 heteroatoms. The van der Waals surface area contributed by atoms with Crippen molar-refractivity contribution in [3.63, 3.8) is 0 Å². The Morgan fingerprint density at radius 2 is 1.96 bits per heavy atom. The van der Waals surface area contributed by atoms with Crippen molar-refractivity contribution in [2.75, 3.05) is 7.05 Å². The van der Waals surface area contributed by atoms with Crippen LogP contribution in [0, 0.1) is 18.6 Å². The number of pyridine rings is 1. The summed E-state index contributed by atoms with van der Waals surface area (Å²) in [6, 6.07) is 5.16. The van der Waals surface area contributed by atoms with Crippen molar-refractivity contribution in [2.45, 2.75) is 38.6 Å². The predicted octanol–water partition coefficient (Wildman–Crippen LogP) is 4.27. The number of amides is 1. The second kappa shape index (κ2) is 6.65. The van der Waals surface area contributed by atoms with Gasteiger partial charge in [-0.15, -0.1) is 0 Å². The maximum atomic E-state index is 13.6. The number of halogens is 2. The van der Waals surface area contributed by atoms with E-state index in [4.69, 9.17) is 4.98 Å². The van der Waals surface area contributed by atoms with Gasteiger partial charge in [-0.25, -0.2) is 13.8 Å². The molecule has 0 aliphatic heterocycles. The third-order valence-electron chi connectivity index (χ3n) is 5.54. The quantitative estimate of drug-likeness (QED) is 0.675. The third-order valence-corrected chi connectivity index (χ3v) is 5.54. The van der Waals surface area contributed by atoms with Gasteiger partial charge in [0.2, 0.25) is 0 Å². The van der Waals surface area contributed by atoms with Crippen molar-refractivity contribution >= 4 is 16.9 Å². The minimum atomic E-state index is -0.921. The molecular formula is C21H22F2N4O. The van der Waals surface area contributed by atoms with Gasteiger partial charge in [-0.2, -0.15) is 5.10 Å². The molecule has 0 N–H and O–H groups in total. The molecule has 1 aliphatic rings. The molecule has 1 amide bonds. The van der Waals surface area contributed by atoms with E-state index in [1.165, 1.54) is 6.07 Å². The highest BCUT2D eigenvalue weighted by atomic mass is 19.2. The van der Waals surface area contributed by atoms with Gasteiger partial charge in [0.15, 0.2) is 17.3 Å². The van der Waals surface area contributed by atoms with E-state index in [1.807, 2.05) is 20.0 Å². The Labute approximate surface area is 162 Å². The molecule has 1 fully saturated rings. The zero-order valence-electron chi connectivity index (χ0n) is 16.3. The van der Waals surface area contributed by atoms with E-state index in [9.17, 15) is 13.6 Å². The lowest BCUT2D eigenvalue weighted by Gasteiger charge is -2.26. The van der Waals surface area contributed by atoms with Crippen LogP contribution in [0.2, 0.25) is 0 Å². The van der Waals surface area contributed by atoms with Gasteiger partial charge in [-0.3, -0.25) is 9.48 Å². The van der Waals surface area contributed by atoms with E-state index in [0.29, 0.717) is 22.7 Å². The summed E-state index contributed by atoms with van der Waals surface area (Å²) in [5.74, 6) is -1.63. The van der Waals surface area contributed by atoms with Crippen LogP contribution in [-0.4, -0.2) is 32.6 Å². The summed E-state index contributed by atoms with van der Waals surface area (Å²) in [6.07, 6.45) is 2.15. The van der Waals surface area contributed by atoms with Gasteiger partial charge in [0.25, 0.3) is 5.91 Å². The molecule has 4 rings (SSSR count). The van der Waals surface area contributed by atoms with E-state index >= 15 is 0 Å². The number of aromatic nitrogens is 3. The molecule has 1 aromatic carbocycles. The molecule has 0 saturated heterocycles. The fraction of sp³-hybridized carbons (Fsp3) is 0.381. The number of aryl methyl sites for hydroxylation is 2. The maximum Gasteiger partial charge on any atom is 0.254 e. The van der Waals surface area contributed by atoms with Gasteiger partial charge in [-0.05, 0) is 50.5 Å². The number of nitrogens with zero attached hydrogens (tertiary/aromatic N) is 4. The average Bonchev–Trinajstić information content (AvgIpc) is 3.48. The Kier molecular flexibility index (Phi) is 4.40. The second-order valence-electron chi connectivity index (χ2n) is 7.54. The van der Waals surface area contributed by atoms with Crippen molar-refractivity contribution in [3.8, 4) is 0 Å². The molecule has 146 valence electrons. The Bertz CT molecular complexity index is 1090. The molecule has 0 radical (unpaired) electrons. The average molecular weight is 384 g/mol. The SMILES string of the molecule is Cc1nn(C)c2nc(C3CC3)cc(C(=O)N(C)C(C)c3ccc(F)c(F)c3)c12. The number of hydrogen-bond acceptors (Lipinski definition) is 3. The molecule has 2 aromatic heterocycles. The monoisotopic (exact) mass is 384 g/mol. The minimum absolute atomic E-state index is 0.192. The first kappa shape index (κ1) is 18.5. The Morgan fingerprint density at radius 1 is 1.25 bits per heavy atom. The molecule has 5 nitrogen and oxygen atoms in total. The van der Waals surface area contributed by atoms with Crippen molar-refractivity contribution < 1.29 is 13.6 Å². The number of carbonyl (C=O) groups excluding carboxylic acids is 1. The van der Waals surface area contributed by atoms with E-state index in [1.54, 1.807) is 23.6 Å². The van der Waals surface area contributed by atoms with E-state index < -0.39 is 17.7 Å². The summed E-state index contributed by atoms with van der Waals surface area (Å²) >= 11 is 0. The minimum Gasteiger partial charge on any atom is -0.335 e. The number of fused-ring (bicyclic) bond motifs is 1. The van der Waals surface area contributed by atoms with Crippen LogP contribution < -0.4 is 0 Å². The summed E-state index contributed by atoms with van der Waals surface area (Å²) < 4.78 is 28.6. The smallest absolute Gasteiger partial charge is 0.254 e. The summed E-state index contributed by atoms with van der Waals surface area (Å²) in [6.45, 7) is 3.65. The standard InChI is InChI=1S/C21H22F2N4O/c1-11-19-15(10-18(13-5-6-13)24-20(19)27(4)25-11)21(28)26(3)12(2)14-7-8-16(22)17(23)9-14/h7-10,12-13H,5-6H2,1-4H3. The summed E-state index contributed by atoms with van der Waals surface area (Å²) in [5, 5.41) is 5.17. The van der Waals surface area contributed by atoms with E-state index in [2.05, 4.69) is 5.10 Å². The van der Waals surface area contributed by atoms with Crippen LogP contribution in [0.25, 0.3) is 11.0 Å². The second-order valence-corrected chi connectivity index (χ2v) is 7.54. The molecule has 0 spiro atoms. The van der Waals surface area contributed by atoms with Gasteiger partial charge >= 0.3 is 0 Å². The molecule has 0 bridgehead atoms. The van der Waals surface area contributed by atoms with Crippen LogP contribution >= 0.6 is 0 Å². The zero-order chi connectivity index (χ0) is 20.2. The highest BCUT2D eigenvalue weighted by Crippen LogP contribution is 2.40. The third kappa shape index (κ3) is 3.04. The van der Waals surface area contributed by atoms with Crippen LogP contribution in [0.5, 0.6) is 0 Å². The van der Waals surface area contributed by atoms with Gasteiger partial charge < -0.3 is 4.90 Å². The number of carbonyl (C=O) groups is 1. The molecule has 3 aromatic rings. The maximum absolute atomic E-state index is 13.6. The molecule has 2 heterocycles. The molecule has 1 atom stereocenters. The predicted molar refractivity (Wildman–Crippen MR) is 102 cm³/mol. The molecule has 1 unspecified atom stereocenters. The highest BCUT2D eigenvalue weighted by Gasteiger charge is 2.30. The van der Waals surface area contributed by atoms with E-state index in [0.717, 1.165) is 41.7 Å². The topological polar surface area (TPSA) is 51.0 Å². The summed E-state index contributed by atoms with van der Waals surface area (Å²) in [5.41, 5.74) is 3.43. The normalized spacial score (nSPS) is 15.1. The Balaban J connectivity index is 1.76. The number of benzene rings is 1. The number of hydrogen-bond donors (Lipinski definition) is 0. The van der Waals surface area contributed by atoms with Crippen LogP contribution in [0.15, 0.2) is 24.3 Å². The van der Waals surface area contributed by atoms with Crippen molar-refractivity contribution in [3.05, 3.63) is 58.4 Å². The van der Waals surface area contributed by atoms with Crippen molar-refractivity contribution in [1.29, 1.82) is 0 Å². The highest BCUT2D eigenvalue weighted by molar-refractivity contribution is 6.06. The fourth-order valence-corrected chi connectivity index (χ4v) is 3.58. The molecule has 1 aliphatic carbocycles. The van der Waals surface area contributed by atoms with Crippen LogP contribution in [0.4, 0.5) is 8.78 Å². The van der Waals surface area contributed by atoms with Gasteiger partial charge in [0.1, 0.15) is 0 Å². The van der Waals surface area contributed by atoms with Crippen LogP contribution in [-0.2, 0) is 7.05 Å². The largest absolute Gasteiger partial charge is 0.335 e. The summed E-state index contributed by atoms with van der Waals surface area (Å²) in [7, 11) is 3.49. The Morgan fingerprint density at radius 3 is 2.61 bits per heavy atom. The summed E-state index contributed by atoms with van der Waals surface area (Å²) in [4.78, 5) is 19.6. The first-order valence-corrected chi connectivity index (χ1v) is 9.34. The molecular weight excluding hydrogens is 362 g/mol. The lowest BCUT2D eigenvalue weighted by atomic mass is 10.0. The first-order valence-electron chi connectivity index (χ1n) is 9.34. The van der Waals surface area contributed by atoms with E-state index in [-0.39, 0.29) is 5.91 Å². The van der Waals surface area contributed by atoms with Gasteiger partial charge in [-0.1, -0.05) is 6.07 Å². The van der Waals surface area contributed by atoms with Crippen LogP contribution in [0.3, 0.4) is 0 Å². The van der Waals surface area contributed by atoms with Crippen LogP contribution in [0.1, 0.15) is 59.0 Å². The molecule has 28 heavy (non-hydrogen) atoms.